The van der Waals surface area contributed by atoms with Gasteiger partial charge in [0.15, 0.2) is 0 Å². The molecule has 272 valence electrons. The molecule has 0 heterocycles. The highest BCUT2D eigenvalue weighted by atomic mass is 15.1. The predicted octanol–water partition coefficient (Wildman–Crippen LogP) is 15.2. The fourth-order valence-corrected chi connectivity index (χ4v) is 9.56. The Kier molecular flexibility index (Phi) is 8.12. The standard InChI is InChI=1S/C57H39N/c1-5-18-40(19-6-1)49-28-13-14-29-50(49)42-20-17-27-47(36-42)58(46-25-11-4-12-26-46)48-35-34-41-32-33-43-37-54-51-30-15-16-31-55(51)57(44-21-7-2-8-22-44,45-23-9-3-10-24-45)56(54)39-53(43)52(41)38-48/h1-39H. The summed E-state index contributed by atoms with van der Waals surface area (Å²) in [6.07, 6.45) is 0. The van der Waals surface area contributed by atoms with Crippen LogP contribution in [0.2, 0.25) is 0 Å². The lowest BCUT2D eigenvalue weighted by Gasteiger charge is -2.34. The van der Waals surface area contributed by atoms with Crippen molar-refractivity contribution in [2.45, 2.75) is 5.41 Å². The van der Waals surface area contributed by atoms with Gasteiger partial charge in [0.05, 0.1) is 5.41 Å². The van der Waals surface area contributed by atoms with E-state index in [0.29, 0.717) is 0 Å². The lowest BCUT2D eigenvalue weighted by atomic mass is 9.67. The summed E-state index contributed by atoms with van der Waals surface area (Å²) < 4.78 is 0. The SMILES string of the molecule is c1ccc(-c2ccccc2-c2cccc(N(c3ccccc3)c3ccc4ccc5cc6c(cc5c4c3)C(c3ccccc3)(c3ccccc3)c3ccccc3-6)c2)cc1. The quantitative estimate of drug-likeness (QED) is 0.147. The van der Waals surface area contributed by atoms with Crippen molar-refractivity contribution in [1.29, 1.82) is 0 Å². The van der Waals surface area contributed by atoms with E-state index < -0.39 is 5.41 Å². The minimum absolute atomic E-state index is 0.463. The molecule has 1 nitrogen and oxygen atoms in total. The Labute approximate surface area is 339 Å². The summed E-state index contributed by atoms with van der Waals surface area (Å²) in [5.74, 6) is 0. The first-order valence-corrected chi connectivity index (χ1v) is 20.1. The molecular formula is C57H39N. The number of fused-ring (bicyclic) bond motifs is 6. The van der Waals surface area contributed by atoms with Crippen LogP contribution in [0.1, 0.15) is 22.3 Å². The number of nitrogens with zero attached hydrogens (tertiary/aromatic N) is 1. The van der Waals surface area contributed by atoms with E-state index in [4.69, 9.17) is 0 Å². The number of para-hydroxylation sites is 1. The van der Waals surface area contributed by atoms with Gasteiger partial charge in [0.25, 0.3) is 0 Å². The molecule has 0 radical (unpaired) electrons. The summed E-state index contributed by atoms with van der Waals surface area (Å²) in [5, 5.41) is 4.94. The summed E-state index contributed by atoms with van der Waals surface area (Å²) in [4.78, 5) is 2.40. The first kappa shape index (κ1) is 33.8. The van der Waals surface area contributed by atoms with Gasteiger partial charge < -0.3 is 4.90 Å². The molecule has 58 heavy (non-hydrogen) atoms. The van der Waals surface area contributed by atoms with Crippen LogP contribution < -0.4 is 4.90 Å². The molecule has 0 atom stereocenters. The van der Waals surface area contributed by atoms with E-state index in [0.717, 1.165) is 17.1 Å². The summed E-state index contributed by atoms with van der Waals surface area (Å²) >= 11 is 0. The van der Waals surface area contributed by atoms with E-state index in [-0.39, 0.29) is 0 Å². The lowest BCUT2D eigenvalue weighted by Crippen LogP contribution is -2.28. The van der Waals surface area contributed by atoms with Crippen LogP contribution in [0.3, 0.4) is 0 Å². The second kappa shape index (κ2) is 13.9. The molecule has 0 saturated heterocycles. The Morgan fingerprint density at radius 1 is 0.276 bits per heavy atom. The Morgan fingerprint density at radius 2 is 0.776 bits per heavy atom. The fourth-order valence-electron chi connectivity index (χ4n) is 9.56. The van der Waals surface area contributed by atoms with Crippen molar-refractivity contribution < 1.29 is 0 Å². The average molecular weight is 738 g/mol. The number of benzene rings is 10. The highest BCUT2D eigenvalue weighted by Gasteiger charge is 2.46. The van der Waals surface area contributed by atoms with E-state index >= 15 is 0 Å². The van der Waals surface area contributed by atoms with Crippen LogP contribution in [0.5, 0.6) is 0 Å². The van der Waals surface area contributed by atoms with E-state index in [1.165, 1.54) is 77.2 Å². The molecule has 0 amide bonds. The molecule has 0 spiro atoms. The topological polar surface area (TPSA) is 3.24 Å². The van der Waals surface area contributed by atoms with Gasteiger partial charge in [0, 0.05) is 17.1 Å². The van der Waals surface area contributed by atoms with Crippen molar-refractivity contribution in [3.8, 4) is 33.4 Å². The number of rotatable bonds is 7. The van der Waals surface area contributed by atoms with Gasteiger partial charge in [-0.15, -0.1) is 0 Å². The maximum absolute atomic E-state index is 2.50. The van der Waals surface area contributed by atoms with Crippen LogP contribution >= 0.6 is 0 Å². The molecule has 10 aromatic carbocycles. The zero-order valence-electron chi connectivity index (χ0n) is 32.0. The van der Waals surface area contributed by atoms with E-state index in [9.17, 15) is 0 Å². The van der Waals surface area contributed by atoms with Gasteiger partial charge in [-0.05, 0) is 126 Å². The monoisotopic (exact) mass is 737 g/mol. The maximum atomic E-state index is 2.50. The summed E-state index contributed by atoms with van der Waals surface area (Å²) in [7, 11) is 0. The van der Waals surface area contributed by atoms with Crippen LogP contribution in [0.15, 0.2) is 237 Å². The first-order chi connectivity index (χ1) is 28.8. The zero-order valence-corrected chi connectivity index (χ0v) is 32.0. The molecule has 1 heteroatoms. The normalized spacial score (nSPS) is 12.6. The Morgan fingerprint density at radius 3 is 1.48 bits per heavy atom. The van der Waals surface area contributed by atoms with Gasteiger partial charge in [-0.25, -0.2) is 0 Å². The number of hydrogen-bond donors (Lipinski definition) is 0. The molecule has 1 aliphatic rings. The molecule has 0 bridgehead atoms. The molecule has 1 aliphatic carbocycles. The second-order valence-electron chi connectivity index (χ2n) is 15.3. The predicted molar refractivity (Wildman–Crippen MR) is 244 cm³/mol. The van der Waals surface area contributed by atoms with E-state index in [1.54, 1.807) is 0 Å². The van der Waals surface area contributed by atoms with Gasteiger partial charge in [0.1, 0.15) is 0 Å². The van der Waals surface area contributed by atoms with Crippen molar-refractivity contribution >= 4 is 38.6 Å². The van der Waals surface area contributed by atoms with E-state index in [1.807, 2.05) is 0 Å². The molecular weight excluding hydrogens is 699 g/mol. The van der Waals surface area contributed by atoms with Crippen molar-refractivity contribution in [3.05, 3.63) is 259 Å². The Bertz CT molecular complexity index is 3060. The van der Waals surface area contributed by atoms with Gasteiger partial charge in [-0.2, -0.15) is 0 Å². The summed E-state index contributed by atoms with van der Waals surface area (Å²) in [6, 6.07) is 86.8. The van der Waals surface area contributed by atoms with Crippen LogP contribution in [-0.4, -0.2) is 0 Å². The molecule has 10 aromatic rings. The molecule has 11 rings (SSSR count). The maximum Gasteiger partial charge on any atom is 0.0713 e. The molecule has 0 aromatic heterocycles. The largest absolute Gasteiger partial charge is 0.310 e. The minimum atomic E-state index is -0.463. The van der Waals surface area contributed by atoms with Gasteiger partial charge >= 0.3 is 0 Å². The fraction of sp³-hybridized carbons (Fsp3) is 0.0175. The third kappa shape index (κ3) is 5.39. The van der Waals surface area contributed by atoms with Gasteiger partial charge in [-0.1, -0.05) is 188 Å². The molecule has 0 aliphatic heterocycles. The lowest BCUT2D eigenvalue weighted by molar-refractivity contribution is 0.769. The average Bonchev–Trinajstić information content (AvgIpc) is 3.59. The summed E-state index contributed by atoms with van der Waals surface area (Å²) in [5.41, 5.74) is 15.5. The van der Waals surface area contributed by atoms with E-state index in [2.05, 4.69) is 241 Å². The molecule has 0 N–H and O–H groups in total. The smallest absolute Gasteiger partial charge is 0.0713 e. The zero-order chi connectivity index (χ0) is 38.5. The van der Waals surface area contributed by atoms with Crippen molar-refractivity contribution in [1.82, 2.24) is 0 Å². The van der Waals surface area contributed by atoms with Gasteiger partial charge in [-0.3, -0.25) is 0 Å². The number of anilines is 3. The number of hydrogen-bond acceptors (Lipinski definition) is 1. The Hall–Kier alpha value is -7.48. The van der Waals surface area contributed by atoms with Crippen LogP contribution in [0.4, 0.5) is 17.1 Å². The third-order valence-electron chi connectivity index (χ3n) is 12.1. The Balaban J connectivity index is 1.13. The van der Waals surface area contributed by atoms with Crippen molar-refractivity contribution in [3.63, 3.8) is 0 Å². The third-order valence-corrected chi connectivity index (χ3v) is 12.1. The van der Waals surface area contributed by atoms with Crippen LogP contribution in [-0.2, 0) is 5.41 Å². The molecule has 0 fully saturated rings. The first-order valence-electron chi connectivity index (χ1n) is 20.1. The van der Waals surface area contributed by atoms with Crippen molar-refractivity contribution in [2.24, 2.45) is 0 Å². The molecule has 0 saturated carbocycles. The van der Waals surface area contributed by atoms with Crippen molar-refractivity contribution in [2.75, 3.05) is 4.90 Å². The van der Waals surface area contributed by atoms with Gasteiger partial charge in [0.2, 0.25) is 0 Å². The van der Waals surface area contributed by atoms with Crippen LogP contribution in [0.25, 0.3) is 54.9 Å². The second-order valence-corrected chi connectivity index (χ2v) is 15.3. The summed E-state index contributed by atoms with van der Waals surface area (Å²) in [6.45, 7) is 0. The highest BCUT2D eigenvalue weighted by molar-refractivity contribution is 6.11. The minimum Gasteiger partial charge on any atom is -0.310 e. The molecule has 0 unspecified atom stereocenters. The van der Waals surface area contributed by atoms with Crippen LogP contribution in [0, 0.1) is 0 Å². The highest BCUT2D eigenvalue weighted by Crippen LogP contribution is 2.57.